The molecule has 51 heavy (non-hydrogen) atoms. The Morgan fingerprint density at radius 3 is 1.61 bits per heavy atom. The van der Waals surface area contributed by atoms with E-state index in [2.05, 4.69) is 205 Å². The van der Waals surface area contributed by atoms with Gasteiger partial charge in [-0.25, -0.2) is 0 Å². The van der Waals surface area contributed by atoms with Crippen LogP contribution >= 0.6 is 0 Å². The Morgan fingerprint density at radius 1 is 0.255 bits per heavy atom. The maximum absolute atomic E-state index is 2.42. The molecule has 10 aromatic rings. The average molecular weight is 648 g/mol. The van der Waals surface area contributed by atoms with Crippen molar-refractivity contribution in [1.82, 2.24) is 0 Å². The number of hydrogen-bond donors (Lipinski definition) is 0. The summed E-state index contributed by atoms with van der Waals surface area (Å²) in [5.41, 5.74) is 8.13. The quantitative estimate of drug-likeness (QED) is 0.168. The highest BCUT2D eigenvalue weighted by atomic mass is 15.1. The molecule has 0 heterocycles. The summed E-state index contributed by atoms with van der Waals surface area (Å²) in [6, 6.07) is 73.1. The van der Waals surface area contributed by atoms with Crippen LogP contribution in [0.1, 0.15) is 0 Å². The molecule has 0 aliphatic heterocycles. The molecule has 1 nitrogen and oxygen atoms in total. The Balaban J connectivity index is 1.16. The molecule has 0 aliphatic carbocycles. The van der Waals surface area contributed by atoms with Gasteiger partial charge in [0.15, 0.2) is 0 Å². The third-order valence-corrected chi connectivity index (χ3v) is 10.4. The van der Waals surface area contributed by atoms with Crippen molar-refractivity contribution in [3.8, 4) is 22.3 Å². The molecule has 0 saturated heterocycles. The molecule has 0 N–H and O–H groups in total. The van der Waals surface area contributed by atoms with Crippen LogP contribution in [0.25, 0.3) is 76.1 Å². The lowest BCUT2D eigenvalue weighted by Gasteiger charge is -2.28. The highest BCUT2D eigenvalue weighted by Gasteiger charge is 2.18. The summed E-state index contributed by atoms with van der Waals surface area (Å²) in [7, 11) is 0. The van der Waals surface area contributed by atoms with Gasteiger partial charge in [0.05, 0.1) is 5.69 Å². The largest absolute Gasteiger partial charge is 0.310 e. The Labute approximate surface area is 297 Å². The van der Waals surface area contributed by atoms with E-state index in [0.29, 0.717) is 0 Å². The van der Waals surface area contributed by atoms with Crippen molar-refractivity contribution >= 4 is 70.9 Å². The van der Waals surface area contributed by atoms with Gasteiger partial charge < -0.3 is 4.90 Å². The number of rotatable bonds is 5. The van der Waals surface area contributed by atoms with Crippen LogP contribution in [0.4, 0.5) is 17.1 Å². The van der Waals surface area contributed by atoms with E-state index in [1.807, 2.05) is 0 Å². The van der Waals surface area contributed by atoms with E-state index in [4.69, 9.17) is 0 Å². The maximum atomic E-state index is 2.42. The van der Waals surface area contributed by atoms with Crippen LogP contribution < -0.4 is 4.90 Å². The zero-order valence-electron chi connectivity index (χ0n) is 28.0. The van der Waals surface area contributed by atoms with Gasteiger partial charge in [-0.3, -0.25) is 0 Å². The lowest BCUT2D eigenvalue weighted by molar-refractivity contribution is 1.29. The van der Waals surface area contributed by atoms with Gasteiger partial charge in [-0.1, -0.05) is 164 Å². The number of hydrogen-bond acceptors (Lipinski definition) is 1. The van der Waals surface area contributed by atoms with Crippen LogP contribution in [-0.2, 0) is 0 Å². The van der Waals surface area contributed by atoms with E-state index in [9.17, 15) is 0 Å². The molecule has 1 heteroatoms. The summed E-state index contributed by atoms with van der Waals surface area (Å²) in [4.78, 5) is 2.42. The average Bonchev–Trinajstić information content (AvgIpc) is 3.21. The molecular weight excluding hydrogens is 615 g/mol. The normalized spacial score (nSPS) is 11.5. The fourth-order valence-corrected chi connectivity index (χ4v) is 7.92. The molecule has 0 atom stereocenters. The molecule has 10 rings (SSSR count). The van der Waals surface area contributed by atoms with E-state index in [1.54, 1.807) is 0 Å². The van der Waals surface area contributed by atoms with Crippen LogP contribution in [-0.4, -0.2) is 0 Å². The number of anilines is 3. The van der Waals surface area contributed by atoms with Gasteiger partial charge in [0.1, 0.15) is 0 Å². The van der Waals surface area contributed by atoms with Gasteiger partial charge in [-0.15, -0.1) is 0 Å². The lowest BCUT2D eigenvalue weighted by atomic mass is 9.94. The summed E-state index contributed by atoms with van der Waals surface area (Å²) in [6.45, 7) is 0. The topological polar surface area (TPSA) is 3.24 Å². The molecule has 0 saturated carbocycles. The summed E-state index contributed by atoms with van der Waals surface area (Å²) < 4.78 is 0. The smallest absolute Gasteiger partial charge is 0.0540 e. The maximum Gasteiger partial charge on any atom is 0.0540 e. The van der Waals surface area contributed by atoms with Crippen LogP contribution in [0.5, 0.6) is 0 Å². The number of fused-ring (bicyclic) bond motifs is 8. The van der Waals surface area contributed by atoms with E-state index in [-0.39, 0.29) is 0 Å². The number of benzene rings is 10. The van der Waals surface area contributed by atoms with Crippen LogP contribution in [0.3, 0.4) is 0 Å². The van der Waals surface area contributed by atoms with Crippen molar-refractivity contribution in [2.45, 2.75) is 0 Å². The molecule has 0 aromatic heterocycles. The molecule has 0 unspecified atom stereocenters. The molecule has 0 radical (unpaired) electrons. The number of para-hydroxylation sites is 1. The second-order valence-electron chi connectivity index (χ2n) is 13.3. The van der Waals surface area contributed by atoms with Crippen molar-refractivity contribution in [2.75, 3.05) is 4.90 Å². The first-order valence-corrected chi connectivity index (χ1v) is 17.6. The summed E-state index contributed by atoms with van der Waals surface area (Å²) in [5, 5.41) is 12.7. The molecular formula is C50H33N. The second-order valence-corrected chi connectivity index (χ2v) is 13.3. The summed E-state index contributed by atoms with van der Waals surface area (Å²) in [6.07, 6.45) is 0. The minimum atomic E-state index is 1.11. The lowest BCUT2D eigenvalue weighted by Crippen LogP contribution is -2.11. The predicted octanol–water partition coefficient (Wildman–Crippen LogP) is 14.3. The van der Waals surface area contributed by atoms with Crippen molar-refractivity contribution in [1.29, 1.82) is 0 Å². The molecule has 0 aliphatic rings. The van der Waals surface area contributed by atoms with Crippen molar-refractivity contribution in [3.63, 3.8) is 0 Å². The molecule has 0 amide bonds. The van der Waals surface area contributed by atoms with Gasteiger partial charge in [0, 0.05) is 16.9 Å². The first kappa shape index (κ1) is 29.2. The van der Waals surface area contributed by atoms with Crippen molar-refractivity contribution in [2.24, 2.45) is 0 Å². The van der Waals surface area contributed by atoms with Crippen LogP contribution in [0.2, 0.25) is 0 Å². The first-order chi connectivity index (χ1) is 25.3. The molecule has 0 spiro atoms. The third-order valence-electron chi connectivity index (χ3n) is 10.4. The van der Waals surface area contributed by atoms with Crippen molar-refractivity contribution < 1.29 is 0 Å². The Bertz CT molecular complexity index is 2920. The molecule has 238 valence electrons. The molecule has 0 fully saturated rings. The highest BCUT2D eigenvalue weighted by Crippen LogP contribution is 2.43. The standard InChI is InChI=1S/C50H33N/c1-2-11-34(12-3-1)46-19-8-9-20-50(46)51(42-27-30-45-40(32-42)24-22-35-13-4-6-17-43(35)45)41-16-10-15-38(31-41)39-23-21-37-26-28-47-44-18-7-5-14-36(44)25-29-48(47)49(37)33-39/h1-33H. The predicted molar refractivity (Wildman–Crippen MR) is 220 cm³/mol. The third kappa shape index (κ3) is 5.02. The highest BCUT2D eigenvalue weighted by molar-refractivity contribution is 6.18. The van der Waals surface area contributed by atoms with Gasteiger partial charge >= 0.3 is 0 Å². The van der Waals surface area contributed by atoms with Gasteiger partial charge in [0.2, 0.25) is 0 Å². The van der Waals surface area contributed by atoms with Gasteiger partial charge in [0.25, 0.3) is 0 Å². The SMILES string of the molecule is c1ccc(-c2ccccc2N(c2cccc(-c3ccc4ccc5c6ccccc6ccc5c4c3)c2)c2ccc3c(ccc4ccccc43)c2)cc1. The van der Waals surface area contributed by atoms with Gasteiger partial charge in [-0.05, 0) is 107 Å². The first-order valence-electron chi connectivity index (χ1n) is 17.6. The Morgan fingerprint density at radius 2 is 0.784 bits per heavy atom. The minimum Gasteiger partial charge on any atom is -0.310 e. The van der Waals surface area contributed by atoms with Crippen LogP contribution in [0, 0.1) is 0 Å². The summed E-state index contributed by atoms with van der Waals surface area (Å²) >= 11 is 0. The Kier molecular flexibility index (Phi) is 6.89. The Hall–Kier alpha value is -6.70. The van der Waals surface area contributed by atoms with Gasteiger partial charge in [-0.2, -0.15) is 0 Å². The molecule has 0 bridgehead atoms. The van der Waals surface area contributed by atoms with E-state index in [0.717, 1.165) is 17.1 Å². The monoisotopic (exact) mass is 647 g/mol. The van der Waals surface area contributed by atoms with Crippen LogP contribution in [0.15, 0.2) is 200 Å². The van der Waals surface area contributed by atoms with E-state index < -0.39 is 0 Å². The fourth-order valence-electron chi connectivity index (χ4n) is 7.92. The van der Waals surface area contributed by atoms with Crippen molar-refractivity contribution in [3.05, 3.63) is 200 Å². The van der Waals surface area contributed by atoms with E-state index >= 15 is 0 Å². The molecule has 10 aromatic carbocycles. The fraction of sp³-hybridized carbons (Fsp3) is 0. The number of nitrogens with zero attached hydrogens (tertiary/aromatic N) is 1. The summed E-state index contributed by atoms with van der Waals surface area (Å²) in [5.74, 6) is 0. The van der Waals surface area contributed by atoms with E-state index in [1.165, 1.54) is 76.1 Å². The zero-order valence-corrected chi connectivity index (χ0v) is 28.0. The minimum absolute atomic E-state index is 1.11. The zero-order chi connectivity index (χ0) is 33.7. The second kappa shape index (κ2) is 12.0.